The standard InChI is InChI=1S/C16H24N4/c1-4-19-10-6-7-13(11-19)15-18-14-8-5-9-17-16(14)20(15)12(2)3/h5,8-9,12-13H,4,6-7,10-11H2,1-3H3. The van der Waals surface area contributed by atoms with Gasteiger partial charge in [0.1, 0.15) is 11.3 Å². The fraction of sp³-hybridized carbons (Fsp3) is 0.625. The minimum atomic E-state index is 0.405. The van der Waals surface area contributed by atoms with Crippen LogP contribution in [-0.2, 0) is 0 Å². The number of hydrogen-bond acceptors (Lipinski definition) is 3. The largest absolute Gasteiger partial charge is 0.310 e. The Morgan fingerprint density at radius 1 is 1.40 bits per heavy atom. The number of fused-ring (bicyclic) bond motifs is 1. The highest BCUT2D eigenvalue weighted by Gasteiger charge is 2.26. The lowest BCUT2D eigenvalue weighted by molar-refractivity contribution is 0.211. The second-order valence-corrected chi connectivity index (χ2v) is 6.01. The molecule has 0 N–H and O–H groups in total. The Morgan fingerprint density at radius 2 is 2.25 bits per heavy atom. The van der Waals surface area contributed by atoms with Crippen LogP contribution < -0.4 is 0 Å². The highest BCUT2D eigenvalue weighted by Crippen LogP contribution is 2.30. The summed E-state index contributed by atoms with van der Waals surface area (Å²) < 4.78 is 2.33. The van der Waals surface area contributed by atoms with Gasteiger partial charge in [-0.3, -0.25) is 0 Å². The normalized spacial score (nSPS) is 20.9. The predicted molar refractivity (Wildman–Crippen MR) is 82.0 cm³/mol. The summed E-state index contributed by atoms with van der Waals surface area (Å²) in [5.74, 6) is 1.77. The molecule has 0 aliphatic carbocycles. The van der Waals surface area contributed by atoms with Crippen molar-refractivity contribution < 1.29 is 0 Å². The van der Waals surface area contributed by atoms with Gasteiger partial charge >= 0.3 is 0 Å². The molecule has 3 rings (SSSR count). The fourth-order valence-electron chi connectivity index (χ4n) is 3.30. The molecule has 1 unspecified atom stereocenters. The zero-order valence-electron chi connectivity index (χ0n) is 12.7. The number of likely N-dealkylation sites (N-methyl/N-ethyl adjacent to an activating group) is 1. The first-order chi connectivity index (χ1) is 9.70. The van der Waals surface area contributed by atoms with Gasteiger partial charge in [-0.2, -0.15) is 0 Å². The van der Waals surface area contributed by atoms with Gasteiger partial charge in [-0.15, -0.1) is 0 Å². The van der Waals surface area contributed by atoms with Gasteiger partial charge in [0, 0.05) is 24.7 Å². The quantitative estimate of drug-likeness (QED) is 0.860. The molecule has 108 valence electrons. The summed E-state index contributed by atoms with van der Waals surface area (Å²) in [5, 5.41) is 0. The topological polar surface area (TPSA) is 34.0 Å². The molecule has 0 amide bonds. The molecule has 0 aromatic carbocycles. The molecule has 1 aliphatic heterocycles. The lowest BCUT2D eigenvalue weighted by Gasteiger charge is -2.32. The number of rotatable bonds is 3. The molecular weight excluding hydrogens is 248 g/mol. The van der Waals surface area contributed by atoms with E-state index in [0.717, 1.165) is 24.3 Å². The number of nitrogens with zero attached hydrogens (tertiary/aromatic N) is 4. The third-order valence-electron chi connectivity index (χ3n) is 4.31. The Balaban J connectivity index is 2.03. The molecule has 20 heavy (non-hydrogen) atoms. The summed E-state index contributed by atoms with van der Waals surface area (Å²) in [6.07, 6.45) is 4.38. The van der Waals surface area contributed by atoms with Crippen LogP contribution in [0.1, 0.15) is 51.4 Å². The molecule has 2 aromatic heterocycles. The molecule has 1 aliphatic rings. The Labute approximate surface area is 120 Å². The smallest absolute Gasteiger partial charge is 0.160 e. The van der Waals surface area contributed by atoms with Crippen molar-refractivity contribution in [3.05, 3.63) is 24.2 Å². The fourth-order valence-corrected chi connectivity index (χ4v) is 3.30. The van der Waals surface area contributed by atoms with Crippen LogP contribution in [0.4, 0.5) is 0 Å². The van der Waals surface area contributed by atoms with E-state index in [2.05, 4.69) is 41.3 Å². The van der Waals surface area contributed by atoms with Crippen LogP contribution in [0.3, 0.4) is 0 Å². The van der Waals surface area contributed by atoms with Crippen LogP contribution >= 0.6 is 0 Å². The van der Waals surface area contributed by atoms with Gasteiger partial charge in [0.05, 0.1) is 0 Å². The molecule has 1 saturated heterocycles. The molecule has 4 heteroatoms. The Morgan fingerprint density at radius 3 is 3.00 bits per heavy atom. The summed E-state index contributed by atoms with van der Waals surface area (Å²) in [6, 6.07) is 4.45. The first-order valence-corrected chi connectivity index (χ1v) is 7.76. The van der Waals surface area contributed by atoms with Crippen molar-refractivity contribution in [2.24, 2.45) is 0 Å². The van der Waals surface area contributed by atoms with Gasteiger partial charge in [-0.05, 0) is 51.9 Å². The lowest BCUT2D eigenvalue weighted by Crippen LogP contribution is -2.35. The van der Waals surface area contributed by atoms with Crippen molar-refractivity contribution in [1.82, 2.24) is 19.4 Å². The van der Waals surface area contributed by atoms with E-state index in [0.29, 0.717) is 12.0 Å². The molecule has 4 nitrogen and oxygen atoms in total. The zero-order chi connectivity index (χ0) is 14.1. The van der Waals surface area contributed by atoms with E-state index >= 15 is 0 Å². The highest BCUT2D eigenvalue weighted by atomic mass is 15.2. The van der Waals surface area contributed by atoms with Gasteiger partial charge in [0.15, 0.2) is 5.65 Å². The van der Waals surface area contributed by atoms with Crippen molar-refractivity contribution in [2.75, 3.05) is 19.6 Å². The van der Waals surface area contributed by atoms with Crippen LogP contribution in [-0.4, -0.2) is 39.1 Å². The Bertz CT molecular complexity index is 587. The minimum absolute atomic E-state index is 0.405. The van der Waals surface area contributed by atoms with Crippen molar-refractivity contribution >= 4 is 11.2 Å². The Kier molecular flexibility index (Phi) is 3.74. The second-order valence-electron chi connectivity index (χ2n) is 6.01. The number of aromatic nitrogens is 3. The third-order valence-corrected chi connectivity index (χ3v) is 4.31. The molecule has 0 saturated carbocycles. The zero-order valence-corrected chi connectivity index (χ0v) is 12.7. The van der Waals surface area contributed by atoms with Gasteiger partial charge in [-0.1, -0.05) is 6.92 Å². The average molecular weight is 272 g/mol. The van der Waals surface area contributed by atoms with E-state index in [1.165, 1.54) is 25.2 Å². The third kappa shape index (κ3) is 2.33. The van der Waals surface area contributed by atoms with Gasteiger partial charge < -0.3 is 9.47 Å². The minimum Gasteiger partial charge on any atom is -0.310 e. The molecule has 3 heterocycles. The Hall–Kier alpha value is -1.42. The first-order valence-electron chi connectivity index (χ1n) is 7.76. The number of piperidine rings is 1. The second kappa shape index (κ2) is 5.52. The number of imidazole rings is 1. The molecule has 1 atom stereocenters. The lowest BCUT2D eigenvalue weighted by atomic mass is 9.97. The van der Waals surface area contributed by atoms with E-state index in [1.807, 2.05) is 12.3 Å². The summed E-state index contributed by atoms with van der Waals surface area (Å²) >= 11 is 0. The molecular formula is C16H24N4. The maximum absolute atomic E-state index is 4.90. The first kappa shape index (κ1) is 13.6. The van der Waals surface area contributed by atoms with Crippen LogP contribution in [0.25, 0.3) is 11.2 Å². The van der Waals surface area contributed by atoms with Gasteiger partial charge in [-0.25, -0.2) is 9.97 Å². The number of hydrogen-bond donors (Lipinski definition) is 0. The molecule has 1 fully saturated rings. The van der Waals surface area contributed by atoms with E-state index < -0.39 is 0 Å². The van der Waals surface area contributed by atoms with Crippen molar-refractivity contribution in [2.45, 2.75) is 45.6 Å². The maximum Gasteiger partial charge on any atom is 0.160 e. The molecule has 2 aromatic rings. The number of pyridine rings is 1. The van der Waals surface area contributed by atoms with Crippen LogP contribution in [0.2, 0.25) is 0 Å². The average Bonchev–Trinajstić information content (AvgIpc) is 2.87. The monoisotopic (exact) mass is 272 g/mol. The number of likely N-dealkylation sites (tertiary alicyclic amines) is 1. The van der Waals surface area contributed by atoms with E-state index in [-0.39, 0.29) is 0 Å². The molecule has 0 radical (unpaired) electrons. The maximum atomic E-state index is 4.90. The van der Waals surface area contributed by atoms with Gasteiger partial charge in [0.25, 0.3) is 0 Å². The summed E-state index contributed by atoms with van der Waals surface area (Å²) in [5.41, 5.74) is 2.07. The van der Waals surface area contributed by atoms with Gasteiger partial charge in [0.2, 0.25) is 0 Å². The summed E-state index contributed by atoms with van der Waals surface area (Å²) in [4.78, 5) is 12.0. The van der Waals surface area contributed by atoms with Crippen LogP contribution in [0.15, 0.2) is 18.3 Å². The molecule has 0 spiro atoms. The SMILES string of the molecule is CCN1CCCC(c2nc3cccnc3n2C(C)C)C1. The van der Waals surface area contributed by atoms with Crippen LogP contribution in [0, 0.1) is 0 Å². The predicted octanol–water partition coefficient (Wildman–Crippen LogP) is 3.21. The van der Waals surface area contributed by atoms with Crippen molar-refractivity contribution in [3.63, 3.8) is 0 Å². The van der Waals surface area contributed by atoms with E-state index in [9.17, 15) is 0 Å². The van der Waals surface area contributed by atoms with Crippen molar-refractivity contribution in [3.8, 4) is 0 Å². The van der Waals surface area contributed by atoms with E-state index in [1.54, 1.807) is 0 Å². The van der Waals surface area contributed by atoms with Crippen molar-refractivity contribution in [1.29, 1.82) is 0 Å². The highest BCUT2D eigenvalue weighted by molar-refractivity contribution is 5.71. The van der Waals surface area contributed by atoms with Crippen LogP contribution in [0.5, 0.6) is 0 Å². The summed E-state index contributed by atoms with van der Waals surface area (Å²) in [7, 11) is 0. The summed E-state index contributed by atoms with van der Waals surface area (Å²) in [6.45, 7) is 10.2. The van der Waals surface area contributed by atoms with E-state index in [4.69, 9.17) is 4.98 Å². The molecule has 0 bridgehead atoms.